The van der Waals surface area contributed by atoms with E-state index >= 15 is 0 Å². The van der Waals surface area contributed by atoms with Gasteiger partial charge in [0.2, 0.25) is 0 Å². The molecule has 2 rings (SSSR count). The minimum Gasteiger partial charge on any atom is -0.401 e. The molecule has 0 fully saturated rings. The van der Waals surface area contributed by atoms with Crippen molar-refractivity contribution in [1.29, 1.82) is 0 Å². The van der Waals surface area contributed by atoms with Gasteiger partial charge in [-0.3, -0.25) is 0 Å². The first-order chi connectivity index (χ1) is 7.25. The zero-order valence-corrected chi connectivity index (χ0v) is 8.40. The summed E-state index contributed by atoms with van der Waals surface area (Å²) in [7, 11) is 0. The Kier molecular flexibility index (Phi) is 2.54. The summed E-state index contributed by atoms with van der Waals surface area (Å²) < 4.78 is 0. The molecular weight excluding hydrogens is 186 g/mol. The average Bonchev–Trinajstić information content (AvgIpc) is 2.26. The largest absolute Gasteiger partial charge is 0.401 e. The maximum atomic E-state index is 5.47. The highest BCUT2D eigenvalue weighted by Gasteiger charge is 1.96. The van der Waals surface area contributed by atoms with Crippen molar-refractivity contribution in [2.45, 2.75) is 0 Å². The number of pyridine rings is 1. The number of nitrogens with two attached hydrogens (primary N) is 1. The Morgan fingerprint density at radius 3 is 2.87 bits per heavy atom. The summed E-state index contributed by atoms with van der Waals surface area (Å²) in [6.07, 6.45) is 0. The second-order valence-corrected chi connectivity index (χ2v) is 3.40. The van der Waals surface area contributed by atoms with Crippen molar-refractivity contribution < 1.29 is 0 Å². The van der Waals surface area contributed by atoms with E-state index in [1.807, 2.05) is 36.4 Å². The van der Waals surface area contributed by atoms with Gasteiger partial charge in [0, 0.05) is 11.1 Å². The van der Waals surface area contributed by atoms with Crippen molar-refractivity contribution in [3.05, 3.63) is 48.7 Å². The lowest BCUT2D eigenvalue weighted by Gasteiger charge is -2.05. The van der Waals surface area contributed by atoms with Gasteiger partial charge in [0.15, 0.2) is 0 Å². The Labute approximate surface area is 88.6 Å². The lowest BCUT2D eigenvalue weighted by molar-refractivity contribution is 1.15. The number of anilines is 1. The zero-order valence-electron chi connectivity index (χ0n) is 8.40. The van der Waals surface area contributed by atoms with Crippen molar-refractivity contribution in [2.75, 3.05) is 11.9 Å². The van der Waals surface area contributed by atoms with Crippen LogP contribution in [-0.4, -0.2) is 11.5 Å². The van der Waals surface area contributed by atoms with Gasteiger partial charge in [-0.25, -0.2) is 4.98 Å². The lowest BCUT2D eigenvalue weighted by atomic mass is 10.2. The minimum atomic E-state index is 0.547. The number of para-hydroxylation sites is 1. The first-order valence-electron chi connectivity index (χ1n) is 4.78. The fourth-order valence-electron chi connectivity index (χ4n) is 1.37. The second kappa shape index (κ2) is 4.00. The third kappa shape index (κ3) is 2.26. The first kappa shape index (κ1) is 9.52. The van der Waals surface area contributed by atoms with E-state index in [1.54, 1.807) is 0 Å². The SMILES string of the molecule is C=C(N)CNc1ccc2ccccc2n1. The highest BCUT2D eigenvalue weighted by atomic mass is 15.0. The van der Waals surface area contributed by atoms with Gasteiger partial charge in [-0.2, -0.15) is 0 Å². The summed E-state index contributed by atoms with van der Waals surface area (Å²) in [4.78, 5) is 4.44. The molecule has 76 valence electrons. The number of hydrogen-bond donors (Lipinski definition) is 2. The molecule has 0 spiro atoms. The molecule has 0 radical (unpaired) electrons. The molecule has 0 aliphatic carbocycles. The molecule has 0 atom stereocenters. The van der Waals surface area contributed by atoms with E-state index in [0.29, 0.717) is 12.2 Å². The second-order valence-electron chi connectivity index (χ2n) is 3.40. The average molecular weight is 199 g/mol. The fourth-order valence-corrected chi connectivity index (χ4v) is 1.37. The maximum Gasteiger partial charge on any atom is 0.126 e. The van der Waals surface area contributed by atoms with Gasteiger partial charge in [-0.1, -0.05) is 24.8 Å². The van der Waals surface area contributed by atoms with Crippen LogP contribution in [0.5, 0.6) is 0 Å². The molecule has 0 saturated carbocycles. The van der Waals surface area contributed by atoms with E-state index in [2.05, 4.69) is 16.9 Å². The van der Waals surface area contributed by atoms with Gasteiger partial charge in [-0.15, -0.1) is 0 Å². The minimum absolute atomic E-state index is 0.547. The van der Waals surface area contributed by atoms with Gasteiger partial charge in [-0.05, 0) is 18.2 Å². The number of benzene rings is 1. The Hall–Kier alpha value is -2.03. The third-order valence-electron chi connectivity index (χ3n) is 2.09. The smallest absolute Gasteiger partial charge is 0.126 e. The topological polar surface area (TPSA) is 50.9 Å². The molecule has 0 unspecified atom stereocenters. The molecule has 0 aliphatic rings. The summed E-state index contributed by atoms with van der Waals surface area (Å²) in [5.74, 6) is 0.820. The van der Waals surface area contributed by atoms with Gasteiger partial charge in [0.25, 0.3) is 0 Å². The monoisotopic (exact) mass is 199 g/mol. The zero-order chi connectivity index (χ0) is 10.7. The van der Waals surface area contributed by atoms with E-state index in [4.69, 9.17) is 5.73 Å². The number of fused-ring (bicyclic) bond motifs is 1. The van der Waals surface area contributed by atoms with Crippen LogP contribution in [-0.2, 0) is 0 Å². The van der Waals surface area contributed by atoms with Crippen LogP contribution in [0.1, 0.15) is 0 Å². The fraction of sp³-hybridized carbons (Fsp3) is 0.0833. The molecule has 0 saturated heterocycles. The molecule has 3 nitrogen and oxygen atoms in total. The van der Waals surface area contributed by atoms with Crippen LogP contribution in [0.25, 0.3) is 10.9 Å². The lowest BCUT2D eigenvalue weighted by Crippen LogP contribution is -2.10. The van der Waals surface area contributed by atoms with E-state index in [0.717, 1.165) is 16.7 Å². The molecule has 0 amide bonds. The summed E-state index contributed by atoms with van der Waals surface area (Å²) in [6.45, 7) is 4.17. The molecule has 1 aromatic heterocycles. The number of aromatic nitrogens is 1. The normalized spacial score (nSPS) is 10.1. The summed E-state index contributed by atoms with van der Waals surface area (Å²) in [5.41, 5.74) is 7.05. The maximum absolute atomic E-state index is 5.47. The quantitative estimate of drug-likeness (QED) is 0.796. The van der Waals surface area contributed by atoms with Gasteiger partial charge < -0.3 is 11.1 Å². The highest BCUT2D eigenvalue weighted by Crippen LogP contribution is 2.14. The van der Waals surface area contributed by atoms with Crippen LogP contribution >= 0.6 is 0 Å². The first-order valence-corrected chi connectivity index (χ1v) is 4.78. The van der Waals surface area contributed by atoms with Crippen LogP contribution in [0.4, 0.5) is 5.82 Å². The molecule has 3 heteroatoms. The van der Waals surface area contributed by atoms with E-state index < -0.39 is 0 Å². The Morgan fingerprint density at radius 2 is 2.07 bits per heavy atom. The van der Waals surface area contributed by atoms with Crippen LogP contribution in [0.2, 0.25) is 0 Å². The van der Waals surface area contributed by atoms with Crippen LogP contribution in [0.15, 0.2) is 48.7 Å². The van der Waals surface area contributed by atoms with Crippen molar-refractivity contribution in [2.24, 2.45) is 5.73 Å². The van der Waals surface area contributed by atoms with Crippen LogP contribution in [0.3, 0.4) is 0 Å². The predicted molar refractivity (Wildman–Crippen MR) is 63.6 cm³/mol. The summed E-state index contributed by atoms with van der Waals surface area (Å²) in [5, 5.41) is 4.23. The van der Waals surface area contributed by atoms with Crippen molar-refractivity contribution in [3.8, 4) is 0 Å². The van der Waals surface area contributed by atoms with Crippen LogP contribution in [0, 0.1) is 0 Å². The predicted octanol–water partition coefficient (Wildman–Crippen LogP) is 2.12. The number of nitrogens with zero attached hydrogens (tertiary/aromatic N) is 1. The standard InChI is InChI=1S/C12H13N3/c1-9(13)8-14-12-7-6-10-4-2-3-5-11(10)15-12/h2-7H,1,8,13H2,(H,14,15). The van der Waals surface area contributed by atoms with Crippen molar-refractivity contribution >= 4 is 16.7 Å². The van der Waals surface area contributed by atoms with E-state index in [1.165, 1.54) is 0 Å². The molecule has 2 aromatic rings. The van der Waals surface area contributed by atoms with Crippen molar-refractivity contribution in [3.63, 3.8) is 0 Å². The summed E-state index contributed by atoms with van der Waals surface area (Å²) in [6, 6.07) is 12.0. The summed E-state index contributed by atoms with van der Waals surface area (Å²) >= 11 is 0. The van der Waals surface area contributed by atoms with Crippen molar-refractivity contribution in [1.82, 2.24) is 4.98 Å². The van der Waals surface area contributed by atoms with E-state index in [9.17, 15) is 0 Å². The number of hydrogen-bond acceptors (Lipinski definition) is 3. The molecule has 3 N–H and O–H groups in total. The molecule has 15 heavy (non-hydrogen) atoms. The molecule has 1 aromatic carbocycles. The van der Waals surface area contributed by atoms with Crippen LogP contribution < -0.4 is 11.1 Å². The Bertz CT molecular complexity index is 491. The van der Waals surface area contributed by atoms with Gasteiger partial charge in [0.05, 0.1) is 12.1 Å². The Balaban J connectivity index is 2.26. The van der Waals surface area contributed by atoms with Gasteiger partial charge in [0.1, 0.15) is 5.82 Å². The van der Waals surface area contributed by atoms with Gasteiger partial charge >= 0.3 is 0 Å². The van der Waals surface area contributed by atoms with E-state index in [-0.39, 0.29) is 0 Å². The number of nitrogens with one attached hydrogen (secondary N) is 1. The third-order valence-corrected chi connectivity index (χ3v) is 2.09. The molecule has 1 heterocycles. The Morgan fingerprint density at radius 1 is 1.27 bits per heavy atom. The highest BCUT2D eigenvalue weighted by molar-refractivity contribution is 5.80. The molecule has 0 bridgehead atoms. The number of rotatable bonds is 3. The molecular formula is C12H13N3. The molecule has 0 aliphatic heterocycles.